The van der Waals surface area contributed by atoms with Crippen LogP contribution in [0.15, 0.2) is 53.4 Å². The lowest BCUT2D eigenvalue weighted by Gasteiger charge is -2.16. The summed E-state index contributed by atoms with van der Waals surface area (Å²) in [5.41, 5.74) is 0.956. The van der Waals surface area contributed by atoms with E-state index < -0.39 is 15.4 Å². The number of carbonyl (C=O) groups excluding carboxylic acids is 1. The van der Waals surface area contributed by atoms with Gasteiger partial charge in [-0.1, -0.05) is 18.2 Å². The molecule has 27 heavy (non-hydrogen) atoms. The zero-order valence-electron chi connectivity index (χ0n) is 15.1. The smallest absolute Gasteiger partial charge is 0.262 e. The van der Waals surface area contributed by atoms with Crippen molar-refractivity contribution >= 4 is 21.6 Å². The second-order valence-corrected chi connectivity index (χ2v) is 8.87. The molecule has 0 atom stereocenters. The van der Waals surface area contributed by atoms with Gasteiger partial charge < -0.3 is 10.1 Å². The van der Waals surface area contributed by atoms with Crippen molar-refractivity contribution in [2.45, 2.75) is 42.0 Å². The Labute approximate surface area is 159 Å². The Kier molecular flexibility index (Phi) is 4.34. The summed E-state index contributed by atoms with van der Waals surface area (Å²) in [6.45, 7) is 0. The van der Waals surface area contributed by atoms with Crippen LogP contribution in [0.5, 0.6) is 5.75 Å². The minimum Gasteiger partial charge on any atom is -0.497 e. The molecule has 2 fully saturated rings. The van der Waals surface area contributed by atoms with Crippen molar-refractivity contribution < 1.29 is 17.9 Å². The highest BCUT2D eigenvalue weighted by atomic mass is 32.2. The first-order valence-corrected chi connectivity index (χ1v) is 10.5. The number of ether oxygens (including phenoxy) is 1. The largest absolute Gasteiger partial charge is 0.497 e. The highest BCUT2D eigenvalue weighted by Crippen LogP contribution is 2.49. The highest BCUT2D eigenvalue weighted by Gasteiger charge is 2.52. The third-order valence-electron chi connectivity index (χ3n) is 5.14. The second kappa shape index (κ2) is 6.56. The molecule has 0 radical (unpaired) electrons. The minimum absolute atomic E-state index is 0.0923. The third-order valence-corrected chi connectivity index (χ3v) is 6.52. The summed E-state index contributed by atoms with van der Waals surface area (Å²) >= 11 is 0. The molecule has 4 rings (SSSR count). The molecule has 2 aliphatic carbocycles. The van der Waals surface area contributed by atoms with E-state index in [-0.39, 0.29) is 10.8 Å². The number of rotatable bonds is 7. The van der Waals surface area contributed by atoms with Gasteiger partial charge in [0.2, 0.25) is 5.91 Å². The van der Waals surface area contributed by atoms with Gasteiger partial charge in [-0.25, -0.2) is 8.42 Å². The summed E-state index contributed by atoms with van der Waals surface area (Å²) in [5, 5.41) is 3.08. The Bertz CT molecular complexity index is 962. The molecule has 7 heteroatoms. The zero-order valence-corrected chi connectivity index (χ0v) is 15.9. The molecule has 2 N–H and O–H groups in total. The predicted molar refractivity (Wildman–Crippen MR) is 102 cm³/mol. The van der Waals surface area contributed by atoms with E-state index >= 15 is 0 Å². The van der Waals surface area contributed by atoms with Gasteiger partial charge in [-0.3, -0.25) is 9.52 Å². The number of anilines is 1. The standard InChI is InChI=1S/C20H22N2O4S/c1-26-17-3-2-4-18(13-17)27(24,25)22-16-7-5-14(6-8-16)20(11-12-20)19(23)21-15-9-10-15/h2-8,13,15,22H,9-12H2,1H3,(H,21,23). The number of sulfonamides is 1. The van der Waals surface area contributed by atoms with E-state index in [0.29, 0.717) is 17.5 Å². The fourth-order valence-corrected chi connectivity index (χ4v) is 4.26. The molecule has 2 aromatic rings. The summed E-state index contributed by atoms with van der Waals surface area (Å²) in [6.07, 6.45) is 3.79. The fraction of sp³-hybridized carbons (Fsp3) is 0.350. The maximum absolute atomic E-state index is 12.6. The van der Waals surface area contributed by atoms with E-state index in [4.69, 9.17) is 4.74 Å². The molecule has 142 valence electrons. The second-order valence-electron chi connectivity index (χ2n) is 7.19. The van der Waals surface area contributed by atoms with Crippen LogP contribution in [0.1, 0.15) is 31.2 Å². The fourth-order valence-electron chi connectivity index (χ4n) is 3.16. The molecule has 1 amide bonds. The van der Waals surface area contributed by atoms with E-state index in [9.17, 15) is 13.2 Å². The summed E-state index contributed by atoms with van der Waals surface area (Å²) in [5.74, 6) is 0.570. The highest BCUT2D eigenvalue weighted by molar-refractivity contribution is 7.92. The molecule has 2 aromatic carbocycles. The van der Waals surface area contributed by atoms with Gasteiger partial charge >= 0.3 is 0 Å². The molecule has 2 aliphatic rings. The lowest BCUT2D eigenvalue weighted by molar-refractivity contribution is -0.123. The van der Waals surface area contributed by atoms with Gasteiger partial charge in [-0.15, -0.1) is 0 Å². The topological polar surface area (TPSA) is 84.5 Å². The predicted octanol–water partition coefficient (Wildman–Crippen LogP) is 2.81. The number of amides is 1. The lowest BCUT2D eigenvalue weighted by atomic mass is 9.95. The average molecular weight is 386 g/mol. The Balaban J connectivity index is 1.50. The maximum atomic E-state index is 12.6. The van der Waals surface area contributed by atoms with Crippen molar-refractivity contribution in [1.82, 2.24) is 5.32 Å². The van der Waals surface area contributed by atoms with Gasteiger partial charge in [0.15, 0.2) is 0 Å². The van der Waals surface area contributed by atoms with Gasteiger partial charge in [-0.2, -0.15) is 0 Å². The van der Waals surface area contributed by atoms with Crippen molar-refractivity contribution in [1.29, 1.82) is 0 Å². The first kappa shape index (κ1) is 17.9. The molecule has 2 saturated carbocycles. The van der Waals surface area contributed by atoms with Gasteiger partial charge in [0.25, 0.3) is 10.0 Å². The quantitative estimate of drug-likeness (QED) is 0.766. The number of carbonyl (C=O) groups is 1. The van der Waals surface area contributed by atoms with E-state index in [1.807, 2.05) is 12.1 Å². The Morgan fingerprint density at radius 3 is 2.41 bits per heavy atom. The van der Waals surface area contributed by atoms with Crippen LogP contribution in [0.2, 0.25) is 0 Å². The summed E-state index contributed by atoms with van der Waals surface area (Å²) < 4.78 is 32.8. The van der Waals surface area contributed by atoms with Gasteiger partial charge in [0, 0.05) is 17.8 Å². The number of hydrogen-bond acceptors (Lipinski definition) is 4. The summed E-state index contributed by atoms with van der Waals surface area (Å²) in [7, 11) is -2.22. The Hall–Kier alpha value is -2.54. The molecule has 6 nitrogen and oxygen atoms in total. The number of nitrogens with one attached hydrogen (secondary N) is 2. The lowest BCUT2D eigenvalue weighted by Crippen LogP contribution is -2.36. The third kappa shape index (κ3) is 3.64. The molecular formula is C20H22N2O4S. The molecule has 0 spiro atoms. The van der Waals surface area contributed by atoms with E-state index in [1.165, 1.54) is 19.2 Å². The number of benzene rings is 2. The van der Waals surface area contributed by atoms with Crippen LogP contribution in [0.3, 0.4) is 0 Å². The number of methoxy groups -OCH3 is 1. The molecular weight excluding hydrogens is 364 g/mol. The van der Waals surface area contributed by atoms with Crippen LogP contribution in [0, 0.1) is 0 Å². The molecule has 0 aliphatic heterocycles. The molecule has 0 unspecified atom stereocenters. The van der Waals surface area contributed by atoms with Gasteiger partial charge in [0.05, 0.1) is 17.4 Å². The van der Waals surface area contributed by atoms with Crippen LogP contribution in [0.25, 0.3) is 0 Å². The Morgan fingerprint density at radius 1 is 1.11 bits per heavy atom. The van der Waals surface area contributed by atoms with Crippen molar-refractivity contribution in [3.63, 3.8) is 0 Å². The molecule has 0 saturated heterocycles. The SMILES string of the molecule is COc1cccc(S(=O)(=O)Nc2ccc(C3(C(=O)NC4CC4)CC3)cc2)c1. The Morgan fingerprint density at radius 2 is 1.81 bits per heavy atom. The van der Waals surface area contributed by atoms with Crippen molar-refractivity contribution in [2.24, 2.45) is 0 Å². The van der Waals surface area contributed by atoms with E-state index in [1.54, 1.807) is 24.3 Å². The van der Waals surface area contributed by atoms with E-state index in [2.05, 4.69) is 10.0 Å². The number of hydrogen-bond donors (Lipinski definition) is 2. The van der Waals surface area contributed by atoms with Crippen LogP contribution in [0.4, 0.5) is 5.69 Å². The maximum Gasteiger partial charge on any atom is 0.262 e. The molecule has 0 aromatic heterocycles. The first-order valence-electron chi connectivity index (χ1n) is 9.01. The monoisotopic (exact) mass is 386 g/mol. The molecule has 0 heterocycles. The van der Waals surface area contributed by atoms with Gasteiger partial charge in [-0.05, 0) is 55.5 Å². The van der Waals surface area contributed by atoms with Gasteiger partial charge in [0.1, 0.15) is 5.75 Å². The zero-order chi connectivity index (χ0) is 19.1. The van der Waals surface area contributed by atoms with Crippen LogP contribution < -0.4 is 14.8 Å². The van der Waals surface area contributed by atoms with Crippen LogP contribution in [-0.4, -0.2) is 27.5 Å². The average Bonchev–Trinajstić information content (AvgIpc) is 3.57. The van der Waals surface area contributed by atoms with Crippen molar-refractivity contribution in [3.05, 3.63) is 54.1 Å². The molecule has 0 bridgehead atoms. The van der Waals surface area contributed by atoms with Crippen molar-refractivity contribution in [3.8, 4) is 5.75 Å². The normalized spacial score (nSPS) is 17.8. The van der Waals surface area contributed by atoms with Crippen LogP contribution >= 0.6 is 0 Å². The minimum atomic E-state index is -3.71. The van der Waals surface area contributed by atoms with E-state index in [0.717, 1.165) is 31.2 Å². The van der Waals surface area contributed by atoms with Crippen LogP contribution in [-0.2, 0) is 20.2 Å². The summed E-state index contributed by atoms with van der Waals surface area (Å²) in [4.78, 5) is 12.6. The first-order chi connectivity index (χ1) is 12.9. The summed E-state index contributed by atoms with van der Waals surface area (Å²) in [6, 6.07) is 13.7. The van der Waals surface area contributed by atoms with Crippen molar-refractivity contribution in [2.75, 3.05) is 11.8 Å².